The third-order valence-corrected chi connectivity index (χ3v) is 5.26. The molecular formula is C26H39NO3. The number of rotatable bonds is 13. The highest BCUT2D eigenvalue weighted by atomic mass is 16.5. The van der Waals surface area contributed by atoms with E-state index in [0.29, 0.717) is 5.92 Å². The molecule has 166 valence electrons. The van der Waals surface area contributed by atoms with E-state index in [4.69, 9.17) is 14.2 Å². The monoisotopic (exact) mass is 413 g/mol. The average Bonchev–Trinajstić information content (AvgIpc) is 2.73. The Hall–Kier alpha value is -2.20. The van der Waals surface area contributed by atoms with Crippen LogP contribution in [0.2, 0.25) is 0 Å². The summed E-state index contributed by atoms with van der Waals surface area (Å²) in [6.07, 6.45) is 3.77. The van der Waals surface area contributed by atoms with Crippen LogP contribution in [-0.2, 0) is 6.54 Å². The van der Waals surface area contributed by atoms with E-state index in [0.717, 1.165) is 42.7 Å². The van der Waals surface area contributed by atoms with E-state index < -0.39 is 0 Å². The molecule has 0 aliphatic rings. The van der Waals surface area contributed by atoms with Gasteiger partial charge in [0.15, 0.2) is 11.5 Å². The normalized spacial score (nSPS) is 12.3. The van der Waals surface area contributed by atoms with E-state index >= 15 is 0 Å². The summed E-state index contributed by atoms with van der Waals surface area (Å²) in [4.78, 5) is 0. The van der Waals surface area contributed by atoms with Crippen molar-refractivity contribution in [3.63, 3.8) is 0 Å². The number of hydrogen-bond donors (Lipinski definition) is 1. The lowest BCUT2D eigenvalue weighted by Crippen LogP contribution is -2.17. The van der Waals surface area contributed by atoms with Crippen LogP contribution in [0.4, 0.5) is 0 Å². The maximum absolute atomic E-state index is 5.80. The topological polar surface area (TPSA) is 39.7 Å². The van der Waals surface area contributed by atoms with Gasteiger partial charge in [-0.25, -0.2) is 0 Å². The molecule has 0 aliphatic carbocycles. The maximum Gasteiger partial charge on any atom is 0.161 e. The van der Waals surface area contributed by atoms with Gasteiger partial charge in [0, 0.05) is 6.54 Å². The van der Waals surface area contributed by atoms with Crippen LogP contribution >= 0.6 is 0 Å². The molecule has 0 saturated heterocycles. The molecule has 0 heterocycles. The smallest absolute Gasteiger partial charge is 0.161 e. The van der Waals surface area contributed by atoms with Gasteiger partial charge in [0.25, 0.3) is 0 Å². The Morgan fingerprint density at radius 2 is 1.50 bits per heavy atom. The molecule has 1 atom stereocenters. The first-order valence-electron chi connectivity index (χ1n) is 11.1. The molecule has 0 aromatic heterocycles. The Bertz CT molecular complexity index is 740. The quantitative estimate of drug-likeness (QED) is 0.397. The summed E-state index contributed by atoms with van der Waals surface area (Å²) < 4.78 is 16.5. The van der Waals surface area contributed by atoms with Gasteiger partial charge in [0.05, 0.1) is 20.3 Å². The standard InChI is InChI=1S/C26H39NO3/c1-19(2)7-9-23(22-10-12-24(13-11-22)30-20(3)4)15-16-27-18-21-8-14-25(28-5)26(17-21)29-6/h8,10-14,17,19-20,23,27H,7,9,15-16,18H2,1-6H3/t23-/m1/s1. The molecule has 2 aromatic carbocycles. The Morgan fingerprint density at radius 3 is 2.10 bits per heavy atom. The highest BCUT2D eigenvalue weighted by Gasteiger charge is 2.13. The molecule has 4 nitrogen and oxygen atoms in total. The zero-order valence-corrected chi connectivity index (χ0v) is 19.5. The molecule has 0 bridgehead atoms. The number of benzene rings is 2. The molecule has 1 N–H and O–H groups in total. The molecule has 2 aromatic rings. The van der Waals surface area contributed by atoms with Crippen molar-refractivity contribution in [2.45, 2.75) is 65.5 Å². The van der Waals surface area contributed by atoms with Gasteiger partial charge in [-0.05, 0) is 80.5 Å². The summed E-state index contributed by atoms with van der Waals surface area (Å²) >= 11 is 0. The Labute approximate surface area is 182 Å². The summed E-state index contributed by atoms with van der Waals surface area (Å²) in [5.41, 5.74) is 2.60. The first-order valence-corrected chi connectivity index (χ1v) is 11.1. The minimum Gasteiger partial charge on any atom is -0.493 e. The fraction of sp³-hybridized carbons (Fsp3) is 0.538. The van der Waals surface area contributed by atoms with Crippen LogP contribution in [0.1, 0.15) is 64.0 Å². The van der Waals surface area contributed by atoms with Gasteiger partial charge in [0.1, 0.15) is 5.75 Å². The predicted molar refractivity (Wildman–Crippen MR) is 125 cm³/mol. The third kappa shape index (κ3) is 7.91. The van der Waals surface area contributed by atoms with Gasteiger partial charge >= 0.3 is 0 Å². The molecule has 4 heteroatoms. The maximum atomic E-state index is 5.80. The van der Waals surface area contributed by atoms with Gasteiger partial charge in [0.2, 0.25) is 0 Å². The molecular weight excluding hydrogens is 374 g/mol. The molecule has 2 rings (SSSR count). The highest BCUT2D eigenvalue weighted by Crippen LogP contribution is 2.29. The van der Waals surface area contributed by atoms with Crippen LogP contribution < -0.4 is 19.5 Å². The first-order chi connectivity index (χ1) is 14.4. The summed E-state index contributed by atoms with van der Waals surface area (Å²) in [7, 11) is 3.33. The van der Waals surface area contributed by atoms with Crippen LogP contribution in [0, 0.1) is 5.92 Å². The van der Waals surface area contributed by atoms with Crippen LogP contribution in [0.25, 0.3) is 0 Å². The van der Waals surface area contributed by atoms with E-state index in [1.165, 1.54) is 24.0 Å². The molecule has 0 amide bonds. The second-order valence-electron chi connectivity index (χ2n) is 8.56. The van der Waals surface area contributed by atoms with E-state index in [1.807, 2.05) is 12.1 Å². The first kappa shape index (κ1) is 24.1. The van der Waals surface area contributed by atoms with Crippen molar-refractivity contribution in [3.05, 3.63) is 53.6 Å². The molecule has 0 unspecified atom stereocenters. The lowest BCUT2D eigenvalue weighted by Gasteiger charge is -2.20. The lowest BCUT2D eigenvalue weighted by molar-refractivity contribution is 0.242. The molecule has 0 fully saturated rings. The van der Waals surface area contributed by atoms with Crippen molar-refractivity contribution < 1.29 is 14.2 Å². The van der Waals surface area contributed by atoms with Crippen molar-refractivity contribution in [1.82, 2.24) is 5.32 Å². The van der Waals surface area contributed by atoms with Crippen molar-refractivity contribution in [3.8, 4) is 17.2 Å². The SMILES string of the molecule is COc1ccc(CNCC[C@@H](CCC(C)C)c2ccc(OC(C)C)cc2)cc1OC. The Balaban J connectivity index is 1.93. The minimum absolute atomic E-state index is 0.202. The van der Waals surface area contributed by atoms with Crippen molar-refractivity contribution >= 4 is 0 Å². The fourth-order valence-electron chi connectivity index (χ4n) is 3.60. The lowest BCUT2D eigenvalue weighted by atomic mass is 9.88. The number of methoxy groups -OCH3 is 2. The summed E-state index contributed by atoms with van der Waals surface area (Å²) in [6, 6.07) is 14.8. The van der Waals surface area contributed by atoms with Gasteiger partial charge < -0.3 is 19.5 Å². The van der Waals surface area contributed by atoms with Crippen molar-refractivity contribution in [2.75, 3.05) is 20.8 Å². The second-order valence-corrected chi connectivity index (χ2v) is 8.56. The summed E-state index contributed by atoms with van der Waals surface area (Å²) in [5, 5.41) is 3.59. The van der Waals surface area contributed by atoms with Crippen molar-refractivity contribution in [1.29, 1.82) is 0 Å². The number of nitrogens with one attached hydrogen (secondary N) is 1. The zero-order chi connectivity index (χ0) is 21.9. The van der Waals surface area contributed by atoms with Crippen LogP contribution in [0.3, 0.4) is 0 Å². The van der Waals surface area contributed by atoms with Gasteiger partial charge in [-0.3, -0.25) is 0 Å². The average molecular weight is 414 g/mol. The summed E-state index contributed by atoms with van der Waals surface area (Å²) in [5.74, 6) is 3.76. The van der Waals surface area contributed by atoms with E-state index in [-0.39, 0.29) is 6.10 Å². The zero-order valence-electron chi connectivity index (χ0n) is 19.5. The number of ether oxygens (including phenoxy) is 3. The molecule has 0 radical (unpaired) electrons. The molecule has 0 aliphatic heterocycles. The van der Waals surface area contributed by atoms with E-state index in [1.54, 1.807) is 14.2 Å². The van der Waals surface area contributed by atoms with Crippen LogP contribution in [0.15, 0.2) is 42.5 Å². The largest absolute Gasteiger partial charge is 0.493 e. The molecule has 30 heavy (non-hydrogen) atoms. The summed E-state index contributed by atoms with van der Waals surface area (Å²) in [6.45, 7) is 10.5. The third-order valence-electron chi connectivity index (χ3n) is 5.26. The molecule has 0 spiro atoms. The Morgan fingerprint density at radius 1 is 0.800 bits per heavy atom. The van der Waals surface area contributed by atoms with Gasteiger partial charge in [-0.1, -0.05) is 38.5 Å². The van der Waals surface area contributed by atoms with Crippen LogP contribution in [-0.4, -0.2) is 26.9 Å². The van der Waals surface area contributed by atoms with E-state index in [9.17, 15) is 0 Å². The van der Waals surface area contributed by atoms with Crippen LogP contribution in [0.5, 0.6) is 17.2 Å². The number of hydrogen-bond acceptors (Lipinski definition) is 4. The van der Waals surface area contributed by atoms with Crippen molar-refractivity contribution in [2.24, 2.45) is 5.92 Å². The van der Waals surface area contributed by atoms with Gasteiger partial charge in [-0.15, -0.1) is 0 Å². The van der Waals surface area contributed by atoms with Gasteiger partial charge in [-0.2, -0.15) is 0 Å². The second kappa shape index (κ2) is 12.5. The van der Waals surface area contributed by atoms with E-state index in [2.05, 4.69) is 63.3 Å². The fourth-order valence-corrected chi connectivity index (χ4v) is 3.60. The molecule has 0 saturated carbocycles. The predicted octanol–water partition coefficient (Wildman–Crippen LogP) is 6.19. The Kier molecular flexibility index (Phi) is 10.0. The minimum atomic E-state index is 0.202. The highest BCUT2D eigenvalue weighted by molar-refractivity contribution is 5.42.